The van der Waals surface area contributed by atoms with Crippen LogP contribution in [0.5, 0.6) is 11.5 Å². The van der Waals surface area contributed by atoms with Crippen LogP contribution >= 0.6 is 0 Å². The summed E-state index contributed by atoms with van der Waals surface area (Å²) in [5, 5.41) is 11.4. The Bertz CT molecular complexity index is 1500. The Kier molecular flexibility index (Phi) is 11.3. The van der Waals surface area contributed by atoms with Crippen molar-refractivity contribution in [2.45, 2.75) is 27.0 Å². The van der Waals surface area contributed by atoms with E-state index in [1.807, 2.05) is 44.2 Å². The van der Waals surface area contributed by atoms with Gasteiger partial charge in [-0.25, -0.2) is 4.79 Å². The molecule has 0 radical (unpaired) electrons. The number of amides is 1. The smallest absolute Gasteiger partial charge is 0.489 e. The number of hydrogen-bond acceptors (Lipinski definition) is 7. The molecule has 4 aromatic rings. The van der Waals surface area contributed by atoms with Gasteiger partial charge in [0.05, 0.1) is 6.61 Å². The molecule has 0 spiro atoms. The van der Waals surface area contributed by atoms with Crippen LogP contribution in [0.25, 0.3) is 11.1 Å². The second-order valence-corrected chi connectivity index (χ2v) is 8.72. The van der Waals surface area contributed by atoms with Crippen molar-refractivity contribution in [3.63, 3.8) is 0 Å². The van der Waals surface area contributed by atoms with Gasteiger partial charge in [0.25, 0.3) is 5.91 Å². The molecular weight excluding hydrogens is 529 g/mol. The van der Waals surface area contributed by atoms with Crippen molar-refractivity contribution in [2.75, 3.05) is 19.8 Å². The van der Waals surface area contributed by atoms with Crippen molar-refractivity contribution in [3.05, 3.63) is 104 Å². The third-order valence-electron chi connectivity index (χ3n) is 5.77. The van der Waals surface area contributed by atoms with Crippen molar-refractivity contribution in [3.8, 4) is 22.6 Å². The van der Waals surface area contributed by atoms with Crippen LogP contribution < -0.4 is 82.6 Å². The van der Waals surface area contributed by atoms with E-state index in [2.05, 4.69) is 16.4 Å². The molecule has 0 fully saturated rings. The largest absolute Gasteiger partial charge is 1.00 e. The van der Waals surface area contributed by atoms with Crippen LogP contribution in [0.1, 0.15) is 22.3 Å². The molecule has 0 saturated heterocycles. The minimum atomic E-state index is -0.911. The molecule has 0 aliphatic carbocycles. The maximum atomic E-state index is 11.8. The number of ether oxygens (including phenoxy) is 2. The van der Waals surface area contributed by atoms with Crippen molar-refractivity contribution in [1.29, 1.82) is 0 Å². The van der Waals surface area contributed by atoms with Crippen molar-refractivity contribution >= 4 is 5.91 Å². The Labute approximate surface area is 267 Å². The summed E-state index contributed by atoms with van der Waals surface area (Å²) >= 11 is 0. The fourth-order valence-electron chi connectivity index (χ4n) is 4.09. The van der Waals surface area contributed by atoms with E-state index in [1.54, 1.807) is 24.3 Å². The summed E-state index contributed by atoms with van der Waals surface area (Å²) in [6.07, 6.45) is 0. The Morgan fingerprint density at radius 1 is 0.974 bits per heavy atom. The van der Waals surface area contributed by atoms with Crippen molar-refractivity contribution < 1.29 is 75.3 Å². The summed E-state index contributed by atoms with van der Waals surface area (Å²) in [6, 6.07) is 19.0. The first-order valence-electron chi connectivity index (χ1n) is 12.0. The number of benzene rings is 3. The molecule has 1 heterocycles. The summed E-state index contributed by atoms with van der Waals surface area (Å²) < 4.78 is 17.2. The van der Waals surface area contributed by atoms with Crippen molar-refractivity contribution in [2.24, 2.45) is 0 Å². The minimum Gasteiger partial charge on any atom is -0.489 e. The van der Waals surface area contributed by atoms with Gasteiger partial charge in [-0.3, -0.25) is 14.3 Å². The van der Waals surface area contributed by atoms with Gasteiger partial charge in [0.1, 0.15) is 18.1 Å². The van der Waals surface area contributed by atoms with E-state index >= 15 is 0 Å². The zero-order chi connectivity index (χ0) is 27.1. The molecule has 0 aliphatic rings. The number of carbonyl (C=O) groups is 1. The number of aliphatic hydroxyl groups is 1. The Balaban J connectivity index is 0.00000420. The van der Waals surface area contributed by atoms with E-state index in [4.69, 9.17) is 19.1 Å². The van der Waals surface area contributed by atoms with Crippen LogP contribution in [0.4, 0.5) is 0 Å². The Morgan fingerprint density at radius 3 is 2.33 bits per heavy atom. The SMILES string of the molecule is Cc1cc(OCC(=O)NCCO)cc(C)c1-c1cccc(COc2ccc(Cn3oc(=O)[n-]c3=O)cc2)c1.[K+]. The van der Waals surface area contributed by atoms with Gasteiger partial charge in [0.2, 0.25) is 0 Å². The van der Waals surface area contributed by atoms with Gasteiger partial charge in [0.15, 0.2) is 12.3 Å². The predicted molar refractivity (Wildman–Crippen MR) is 139 cm³/mol. The summed E-state index contributed by atoms with van der Waals surface area (Å²) in [6.45, 7) is 4.42. The molecule has 0 unspecified atom stereocenters. The molecule has 0 bridgehead atoms. The normalized spacial score (nSPS) is 10.5. The van der Waals surface area contributed by atoms with Gasteiger partial charge in [-0.15, -0.1) is 0 Å². The topological polar surface area (TPSA) is 134 Å². The maximum absolute atomic E-state index is 11.8. The first kappa shape index (κ1) is 30.6. The van der Waals surface area contributed by atoms with E-state index in [1.165, 1.54) is 0 Å². The zero-order valence-corrected chi connectivity index (χ0v) is 25.2. The molecule has 4 rings (SSSR count). The molecule has 1 amide bonds. The predicted octanol–water partition coefficient (Wildman–Crippen LogP) is -0.839. The number of nitrogens with zero attached hydrogens (tertiary/aromatic N) is 2. The molecule has 0 saturated carbocycles. The van der Waals surface area contributed by atoms with Crippen LogP contribution in [0.2, 0.25) is 0 Å². The first-order valence-corrected chi connectivity index (χ1v) is 12.0. The second kappa shape index (κ2) is 14.5. The van der Waals surface area contributed by atoms with Crippen molar-refractivity contribution in [1.82, 2.24) is 15.0 Å². The minimum absolute atomic E-state index is 0. The number of nitrogens with one attached hydrogen (secondary N) is 1. The quantitative estimate of drug-likeness (QED) is 0.228. The van der Waals surface area contributed by atoms with E-state index in [0.29, 0.717) is 18.1 Å². The molecule has 10 nitrogen and oxygen atoms in total. The van der Waals surface area contributed by atoms with Crippen LogP contribution in [-0.2, 0) is 17.9 Å². The first-order chi connectivity index (χ1) is 18.3. The van der Waals surface area contributed by atoms with Crippen LogP contribution in [0.15, 0.2) is 74.8 Å². The average molecular weight is 558 g/mol. The number of hydrogen-bond donors (Lipinski definition) is 2. The fraction of sp³-hybridized carbons (Fsp3) is 0.250. The molecule has 0 atom stereocenters. The number of aromatic nitrogens is 2. The molecule has 11 heteroatoms. The number of rotatable bonds is 11. The number of aliphatic hydroxyl groups excluding tert-OH is 1. The fourth-order valence-corrected chi connectivity index (χ4v) is 4.09. The third kappa shape index (κ3) is 8.52. The summed E-state index contributed by atoms with van der Waals surface area (Å²) in [7, 11) is 0. The van der Waals surface area contributed by atoms with Gasteiger partial charge >= 0.3 is 57.1 Å². The van der Waals surface area contributed by atoms with E-state index in [-0.39, 0.29) is 83.6 Å². The van der Waals surface area contributed by atoms with E-state index in [9.17, 15) is 14.4 Å². The summed E-state index contributed by atoms with van der Waals surface area (Å²) in [4.78, 5) is 37.6. The molecule has 198 valence electrons. The van der Waals surface area contributed by atoms with Gasteiger partial charge in [-0.2, -0.15) is 0 Å². The molecule has 39 heavy (non-hydrogen) atoms. The monoisotopic (exact) mass is 557 g/mol. The molecule has 0 aliphatic heterocycles. The van der Waals surface area contributed by atoms with Crippen LogP contribution in [0, 0.1) is 13.8 Å². The Hall–Kier alpha value is -2.93. The van der Waals surface area contributed by atoms with Crippen LogP contribution in [0.3, 0.4) is 0 Å². The Morgan fingerprint density at radius 2 is 1.69 bits per heavy atom. The number of carbonyl (C=O) groups excluding carboxylic acids is 1. The van der Waals surface area contributed by atoms with Gasteiger partial charge < -0.3 is 29.4 Å². The molecule has 3 aromatic carbocycles. The third-order valence-corrected chi connectivity index (χ3v) is 5.77. The number of aryl methyl sites for hydroxylation is 2. The van der Waals surface area contributed by atoms with E-state index < -0.39 is 11.4 Å². The van der Waals surface area contributed by atoms with Crippen LogP contribution in [-0.4, -0.2) is 35.5 Å². The second-order valence-electron chi connectivity index (χ2n) is 8.72. The zero-order valence-electron chi connectivity index (χ0n) is 22.1. The average Bonchev–Trinajstić information content (AvgIpc) is 3.21. The standard InChI is InChI=1S/C28H29N3O7.K/c1-18-12-24(37-17-25(33)29-10-11-32)13-19(2)26(18)22-5-3-4-21(14-22)16-36-23-8-6-20(7-9-23)15-31-27(34)30-28(35)38-31;/h3-9,12-14,32H,10-11,15-17H2,1-2H3,(H2,29,30,33,34,35);/q;+1/p-1. The summed E-state index contributed by atoms with van der Waals surface area (Å²) in [5.74, 6) is 0.0630. The maximum Gasteiger partial charge on any atom is 1.00 e. The molecule has 2 N–H and O–H groups in total. The molecular formula is C28H28KN3O7. The van der Waals surface area contributed by atoms with Gasteiger partial charge in [0, 0.05) is 13.1 Å². The van der Waals surface area contributed by atoms with Gasteiger partial charge in [-0.1, -0.05) is 30.3 Å². The molecule has 1 aromatic heterocycles. The van der Waals surface area contributed by atoms with E-state index in [0.717, 1.165) is 38.1 Å². The van der Waals surface area contributed by atoms with Gasteiger partial charge in [-0.05, 0) is 77.6 Å². The summed E-state index contributed by atoms with van der Waals surface area (Å²) in [5.41, 5.74) is 5.18.